The Labute approximate surface area is 219 Å². The summed E-state index contributed by atoms with van der Waals surface area (Å²) >= 11 is 6.97. The van der Waals surface area contributed by atoms with Crippen molar-refractivity contribution in [2.75, 3.05) is 0 Å². The van der Waals surface area contributed by atoms with E-state index in [1.165, 1.54) is 26.0 Å². The van der Waals surface area contributed by atoms with Gasteiger partial charge in [0.05, 0.1) is 20.2 Å². The van der Waals surface area contributed by atoms with E-state index in [1.807, 2.05) is 0 Å². The number of nitrogens with one attached hydrogen (secondary N) is 1. The first-order valence-electron chi connectivity index (χ1n) is 10.6. The molecular weight excluding hydrogens is 543 g/mol. The number of fused-ring (bicyclic) bond motifs is 1. The van der Waals surface area contributed by atoms with Gasteiger partial charge in [-0.2, -0.15) is 8.42 Å². The number of hydrogen-bond acceptors (Lipinski definition) is 7. The number of aliphatic hydroxyl groups excluding tert-OH is 1. The van der Waals surface area contributed by atoms with Crippen LogP contribution in [0.25, 0.3) is 22.4 Å². The number of carbonyl (C=O) groups is 1. The third-order valence-electron chi connectivity index (χ3n) is 5.21. The van der Waals surface area contributed by atoms with E-state index in [0.29, 0.717) is 15.4 Å². The summed E-state index contributed by atoms with van der Waals surface area (Å²) in [5.74, 6) is -3.14. The zero-order chi connectivity index (χ0) is 27.1. The fourth-order valence-electron chi connectivity index (χ4n) is 3.24. The highest BCUT2D eigenvalue weighted by Crippen LogP contribution is 2.33. The maximum atomic E-state index is 14.6. The average Bonchev–Trinajstić information content (AvgIpc) is 3.44. The molecule has 0 saturated carbocycles. The SMILES string of the molecule is CC(C)(O)/C(N)=N/S(=O)(=O)c1cc(/C(O)=C(\C(=O)c2ccc(Cl)s2)c2nc3ccccc3[nH]2)ccc1F. The van der Waals surface area contributed by atoms with Crippen molar-refractivity contribution in [2.24, 2.45) is 10.1 Å². The molecule has 0 atom stereocenters. The number of aromatic amines is 1. The Kier molecular flexibility index (Phi) is 6.95. The predicted molar refractivity (Wildman–Crippen MR) is 141 cm³/mol. The fourth-order valence-corrected chi connectivity index (χ4v) is 5.40. The highest BCUT2D eigenvalue weighted by atomic mass is 35.5. The smallest absolute Gasteiger partial charge is 0.286 e. The second kappa shape index (κ2) is 9.71. The minimum absolute atomic E-state index is 0.00579. The number of ketones is 1. The molecule has 0 radical (unpaired) electrons. The molecule has 2 heterocycles. The molecule has 13 heteroatoms. The lowest BCUT2D eigenvalue weighted by Crippen LogP contribution is -2.38. The number of para-hydroxylation sites is 2. The zero-order valence-corrected chi connectivity index (χ0v) is 21.7. The lowest BCUT2D eigenvalue weighted by molar-refractivity contribution is 0.105. The number of halogens is 2. The predicted octanol–water partition coefficient (Wildman–Crippen LogP) is 4.54. The number of H-pyrrole nitrogens is 1. The maximum absolute atomic E-state index is 14.6. The van der Waals surface area contributed by atoms with Crippen molar-refractivity contribution in [3.8, 4) is 0 Å². The van der Waals surface area contributed by atoms with Crippen LogP contribution in [-0.2, 0) is 10.0 Å². The molecule has 0 aliphatic carbocycles. The van der Waals surface area contributed by atoms with Crippen molar-refractivity contribution < 1.29 is 27.8 Å². The van der Waals surface area contributed by atoms with Gasteiger partial charge in [-0.05, 0) is 56.3 Å². The summed E-state index contributed by atoms with van der Waals surface area (Å²) in [4.78, 5) is 20.1. The average molecular weight is 563 g/mol. The second-order valence-corrected chi connectivity index (χ2v) is 11.7. The molecule has 0 unspecified atom stereocenters. The molecule has 0 fully saturated rings. The van der Waals surface area contributed by atoms with Gasteiger partial charge in [-0.3, -0.25) is 4.79 Å². The minimum atomic E-state index is -4.74. The van der Waals surface area contributed by atoms with Crippen LogP contribution in [0, 0.1) is 5.82 Å². The van der Waals surface area contributed by atoms with Gasteiger partial charge in [-0.15, -0.1) is 15.7 Å². The van der Waals surface area contributed by atoms with Gasteiger partial charge in [-0.25, -0.2) is 9.37 Å². The lowest BCUT2D eigenvalue weighted by atomic mass is 10.0. The number of thiophene rings is 1. The van der Waals surface area contributed by atoms with Crippen LogP contribution < -0.4 is 5.73 Å². The standard InChI is InChI=1S/C24H20ClFN4O5S2/c1-24(2,33)23(27)30-37(34,35)17-11-12(7-8-13(17)26)20(31)19(21(32)16-9-10-18(25)36-16)22-28-14-5-3-4-6-15(14)29-22/h3-11,31,33H,1-2H3,(H2,27,30)(H,28,29)/b20-19-. The molecule has 0 aliphatic heterocycles. The van der Waals surface area contributed by atoms with E-state index in [9.17, 15) is 27.8 Å². The summed E-state index contributed by atoms with van der Waals surface area (Å²) in [6, 6.07) is 12.6. The van der Waals surface area contributed by atoms with E-state index in [0.717, 1.165) is 29.5 Å². The van der Waals surface area contributed by atoms with Crippen LogP contribution in [0.3, 0.4) is 0 Å². The highest BCUT2D eigenvalue weighted by Gasteiger charge is 2.28. The van der Waals surface area contributed by atoms with Crippen LogP contribution in [0.5, 0.6) is 0 Å². The quantitative estimate of drug-likeness (QED) is 0.0845. The van der Waals surface area contributed by atoms with Gasteiger partial charge >= 0.3 is 0 Å². The summed E-state index contributed by atoms with van der Waals surface area (Å²) in [5, 5.41) is 21.2. The topological polar surface area (TPSA) is 159 Å². The molecule has 0 bridgehead atoms. The number of hydrogen-bond donors (Lipinski definition) is 4. The van der Waals surface area contributed by atoms with Gasteiger partial charge in [0, 0.05) is 5.56 Å². The summed E-state index contributed by atoms with van der Waals surface area (Å²) in [7, 11) is -4.74. The zero-order valence-electron chi connectivity index (χ0n) is 19.4. The number of aromatic nitrogens is 2. The number of Topliss-reactive ketones (excluding diaryl/α,β-unsaturated/α-hetero) is 1. The van der Waals surface area contributed by atoms with E-state index in [-0.39, 0.29) is 21.8 Å². The van der Waals surface area contributed by atoms with E-state index in [2.05, 4.69) is 14.4 Å². The number of benzene rings is 2. The van der Waals surface area contributed by atoms with Gasteiger partial charge in [0.25, 0.3) is 10.0 Å². The number of aliphatic hydroxyl groups is 2. The van der Waals surface area contributed by atoms with Crippen molar-refractivity contribution in [3.05, 3.63) is 81.0 Å². The van der Waals surface area contributed by atoms with Crippen LogP contribution in [0.2, 0.25) is 4.34 Å². The molecule has 0 aliphatic rings. The molecule has 0 spiro atoms. The fraction of sp³-hybridized carbons (Fsp3) is 0.125. The van der Waals surface area contributed by atoms with Crippen molar-refractivity contribution in [3.63, 3.8) is 0 Å². The molecule has 5 N–H and O–H groups in total. The number of nitrogens with two attached hydrogens (primary N) is 1. The van der Waals surface area contributed by atoms with Crippen molar-refractivity contribution >= 4 is 66.9 Å². The van der Waals surface area contributed by atoms with E-state index < -0.39 is 43.7 Å². The van der Waals surface area contributed by atoms with Crippen molar-refractivity contribution in [2.45, 2.75) is 24.3 Å². The van der Waals surface area contributed by atoms with E-state index in [1.54, 1.807) is 24.3 Å². The molecule has 192 valence electrons. The van der Waals surface area contributed by atoms with E-state index >= 15 is 0 Å². The van der Waals surface area contributed by atoms with Crippen LogP contribution in [0.4, 0.5) is 4.39 Å². The van der Waals surface area contributed by atoms with Crippen LogP contribution in [0.1, 0.15) is 34.9 Å². The summed E-state index contributed by atoms with van der Waals surface area (Å²) in [6.45, 7) is 2.43. The Morgan fingerprint density at radius 2 is 1.89 bits per heavy atom. The number of imidazole rings is 1. The molecule has 2 aromatic carbocycles. The van der Waals surface area contributed by atoms with Gasteiger partial charge in [-0.1, -0.05) is 23.7 Å². The molecular formula is C24H20ClFN4O5S2. The van der Waals surface area contributed by atoms with E-state index in [4.69, 9.17) is 17.3 Å². The Hall–Kier alpha value is -3.58. The molecule has 2 aromatic heterocycles. The summed E-state index contributed by atoms with van der Waals surface area (Å²) in [6.07, 6.45) is 0. The molecule has 37 heavy (non-hydrogen) atoms. The van der Waals surface area contributed by atoms with Gasteiger partial charge < -0.3 is 20.9 Å². The van der Waals surface area contributed by atoms with Gasteiger partial charge in [0.1, 0.15) is 39.3 Å². The summed E-state index contributed by atoms with van der Waals surface area (Å²) < 4.78 is 43.8. The Morgan fingerprint density at radius 1 is 1.19 bits per heavy atom. The first kappa shape index (κ1) is 26.5. The Morgan fingerprint density at radius 3 is 2.51 bits per heavy atom. The molecule has 9 nitrogen and oxygen atoms in total. The van der Waals surface area contributed by atoms with Crippen molar-refractivity contribution in [1.29, 1.82) is 0 Å². The number of allylic oxidation sites excluding steroid dienone is 1. The molecule has 0 amide bonds. The number of sulfonamides is 1. The third kappa shape index (κ3) is 5.42. The number of nitrogens with zero attached hydrogens (tertiary/aromatic N) is 2. The highest BCUT2D eigenvalue weighted by molar-refractivity contribution is 7.90. The third-order valence-corrected chi connectivity index (χ3v) is 7.75. The normalized spacial score (nSPS) is 13.6. The van der Waals surface area contributed by atoms with Crippen LogP contribution in [-0.4, -0.2) is 45.8 Å². The largest absolute Gasteiger partial charge is 0.506 e. The maximum Gasteiger partial charge on any atom is 0.286 e. The molecule has 0 saturated heterocycles. The Balaban J connectivity index is 1.93. The second-order valence-electron chi connectivity index (χ2n) is 8.41. The number of carbonyl (C=O) groups excluding carboxylic acids is 1. The number of rotatable bonds is 7. The van der Waals surface area contributed by atoms with Gasteiger partial charge in [0.2, 0.25) is 5.78 Å². The minimum Gasteiger partial charge on any atom is -0.506 e. The molecule has 4 aromatic rings. The Bertz CT molecular complexity index is 1670. The number of amidine groups is 1. The van der Waals surface area contributed by atoms with Crippen molar-refractivity contribution in [1.82, 2.24) is 9.97 Å². The first-order chi connectivity index (χ1) is 17.3. The van der Waals surface area contributed by atoms with Crippen LogP contribution >= 0.6 is 22.9 Å². The molecule has 4 rings (SSSR count). The summed E-state index contributed by atoms with van der Waals surface area (Å²) in [5.41, 5.74) is 4.38. The van der Waals surface area contributed by atoms with Gasteiger partial charge in [0.15, 0.2) is 0 Å². The monoisotopic (exact) mass is 562 g/mol. The lowest BCUT2D eigenvalue weighted by Gasteiger charge is -2.16. The first-order valence-corrected chi connectivity index (χ1v) is 13.2. The van der Waals surface area contributed by atoms with Crippen LogP contribution in [0.15, 0.2) is 63.9 Å².